The summed E-state index contributed by atoms with van der Waals surface area (Å²) in [6.07, 6.45) is 0.847. The van der Waals surface area contributed by atoms with Crippen molar-refractivity contribution in [1.82, 2.24) is 9.78 Å². The zero-order chi connectivity index (χ0) is 19.2. The van der Waals surface area contributed by atoms with Crippen molar-refractivity contribution in [2.75, 3.05) is 5.32 Å². The van der Waals surface area contributed by atoms with Crippen LogP contribution >= 0.6 is 15.9 Å². The van der Waals surface area contributed by atoms with Gasteiger partial charge in [-0.1, -0.05) is 51.8 Å². The highest BCUT2D eigenvalue weighted by molar-refractivity contribution is 9.10. The van der Waals surface area contributed by atoms with Crippen LogP contribution in [0.25, 0.3) is 11.3 Å². The number of hydrogen-bond donors (Lipinski definition) is 1. The Morgan fingerprint density at radius 1 is 1.11 bits per heavy atom. The molecule has 0 unspecified atom stereocenters. The smallest absolute Gasteiger partial charge is 0.266 e. The van der Waals surface area contributed by atoms with Crippen LogP contribution in [0.15, 0.2) is 69.9 Å². The van der Waals surface area contributed by atoms with E-state index in [1.807, 2.05) is 55.5 Å². The minimum Gasteiger partial charge on any atom is -0.326 e. The lowest BCUT2D eigenvalue weighted by Crippen LogP contribution is -2.23. The summed E-state index contributed by atoms with van der Waals surface area (Å²) in [5.41, 5.74) is 3.45. The SMILES string of the molecule is Cc1ccc(-c2ccc(=O)n(CCCC(=O)Nc3cccc(Br)c3)n2)cc1. The summed E-state index contributed by atoms with van der Waals surface area (Å²) >= 11 is 3.38. The Balaban J connectivity index is 1.60. The summed E-state index contributed by atoms with van der Waals surface area (Å²) in [5.74, 6) is -0.0872. The quantitative estimate of drug-likeness (QED) is 0.636. The first kappa shape index (κ1) is 19.0. The van der Waals surface area contributed by atoms with Crippen LogP contribution in [0.3, 0.4) is 0 Å². The van der Waals surface area contributed by atoms with Gasteiger partial charge in [0.15, 0.2) is 0 Å². The molecule has 1 amide bonds. The second-order valence-electron chi connectivity index (χ2n) is 6.31. The molecule has 0 saturated carbocycles. The number of rotatable bonds is 6. The van der Waals surface area contributed by atoms with E-state index >= 15 is 0 Å². The van der Waals surface area contributed by atoms with E-state index in [0.717, 1.165) is 21.4 Å². The van der Waals surface area contributed by atoms with E-state index in [9.17, 15) is 9.59 Å². The third-order valence-corrected chi connectivity index (χ3v) is 4.59. The summed E-state index contributed by atoms with van der Waals surface area (Å²) in [4.78, 5) is 24.1. The molecule has 0 fully saturated rings. The summed E-state index contributed by atoms with van der Waals surface area (Å²) in [5, 5.41) is 7.28. The van der Waals surface area contributed by atoms with E-state index in [2.05, 4.69) is 26.3 Å². The van der Waals surface area contributed by atoms with Crippen molar-refractivity contribution in [2.24, 2.45) is 0 Å². The lowest BCUT2D eigenvalue weighted by atomic mass is 10.1. The van der Waals surface area contributed by atoms with E-state index in [4.69, 9.17) is 0 Å². The van der Waals surface area contributed by atoms with E-state index in [0.29, 0.717) is 19.4 Å². The molecule has 0 bridgehead atoms. The van der Waals surface area contributed by atoms with E-state index in [-0.39, 0.29) is 11.5 Å². The van der Waals surface area contributed by atoms with Crippen LogP contribution in [0.5, 0.6) is 0 Å². The van der Waals surface area contributed by atoms with Crippen molar-refractivity contribution in [3.8, 4) is 11.3 Å². The molecule has 0 radical (unpaired) electrons. The van der Waals surface area contributed by atoms with Gasteiger partial charge >= 0.3 is 0 Å². The third kappa shape index (κ3) is 5.37. The number of amides is 1. The Bertz CT molecular complexity index is 997. The van der Waals surface area contributed by atoms with Gasteiger partial charge < -0.3 is 5.32 Å². The number of halogens is 1. The highest BCUT2D eigenvalue weighted by atomic mass is 79.9. The highest BCUT2D eigenvalue weighted by Crippen LogP contribution is 2.17. The molecule has 0 saturated heterocycles. The summed E-state index contributed by atoms with van der Waals surface area (Å²) < 4.78 is 2.32. The van der Waals surface area contributed by atoms with E-state index in [1.54, 1.807) is 6.07 Å². The van der Waals surface area contributed by atoms with Gasteiger partial charge in [-0.25, -0.2) is 4.68 Å². The molecule has 138 valence electrons. The summed E-state index contributed by atoms with van der Waals surface area (Å²) in [7, 11) is 0. The zero-order valence-corrected chi connectivity index (χ0v) is 16.6. The molecule has 1 heterocycles. The molecule has 0 atom stereocenters. The lowest BCUT2D eigenvalue weighted by Gasteiger charge is -2.08. The van der Waals surface area contributed by atoms with Crippen LogP contribution in [0.2, 0.25) is 0 Å². The molecule has 0 aliphatic heterocycles. The fraction of sp³-hybridized carbons (Fsp3) is 0.190. The van der Waals surface area contributed by atoms with Crippen molar-refractivity contribution in [2.45, 2.75) is 26.3 Å². The molecule has 0 aliphatic carbocycles. The maximum Gasteiger partial charge on any atom is 0.266 e. The lowest BCUT2D eigenvalue weighted by molar-refractivity contribution is -0.116. The maximum absolute atomic E-state index is 12.1. The number of hydrogen-bond acceptors (Lipinski definition) is 3. The monoisotopic (exact) mass is 425 g/mol. The molecular weight excluding hydrogens is 406 g/mol. The molecule has 3 rings (SSSR count). The first-order valence-electron chi connectivity index (χ1n) is 8.72. The summed E-state index contributed by atoms with van der Waals surface area (Å²) in [6, 6.07) is 18.7. The Morgan fingerprint density at radius 3 is 2.63 bits per heavy atom. The first-order chi connectivity index (χ1) is 13.0. The number of carbonyl (C=O) groups is 1. The predicted octanol–water partition coefficient (Wildman–Crippen LogP) is 4.40. The Kier molecular flexibility index (Phi) is 6.19. The molecule has 0 aliphatic rings. The maximum atomic E-state index is 12.1. The van der Waals surface area contributed by atoms with Gasteiger partial charge in [-0.2, -0.15) is 5.10 Å². The first-order valence-corrected chi connectivity index (χ1v) is 9.51. The zero-order valence-electron chi connectivity index (χ0n) is 15.0. The number of benzene rings is 2. The number of anilines is 1. The second-order valence-corrected chi connectivity index (χ2v) is 7.22. The van der Waals surface area contributed by atoms with Crippen molar-refractivity contribution >= 4 is 27.5 Å². The Hall–Kier alpha value is -2.73. The van der Waals surface area contributed by atoms with Crippen LogP contribution < -0.4 is 10.9 Å². The van der Waals surface area contributed by atoms with E-state index in [1.165, 1.54) is 16.3 Å². The standard InChI is InChI=1S/C21H20BrN3O2/c1-15-7-9-16(10-8-15)19-11-12-21(27)25(24-19)13-3-6-20(26)23-18-5-2-4-17(22)14-18/h2,4-5,7-12,14H,3,6,13H2,1H3,(H,23,26). The average molecular weight is 426 g/mol. The molecule has 2 aromatic carbocycles. The van der Waals surface area contributed by atoms with Crippen LogP contribution in [0.4, 0.5) is 5.69 Å². The topological polar surface area (TPSA) is 64.0 Å². The Morgan fingerprint density at radius 2 is 1.89 bits per heavy atom. The van der Waals surface area contributed by atoms with Gasteiger partial charge in [-0.15, -0.1) is 0 Å². The minimum atomic E-state index is -0.168. The molecule has 0 spiro atoms. The predicted molar refractivity (Wildman–Crippen MR) is 111 cm³/mol. The minimum absolute atomic E-state index is 0.0872. The number of carbonyl (C=O) groups excluding carboxylic acids is 1. The number of aromatic nitrogens is 2. The largest absolute Gasteiger partial charge is 0.326 e. The van der Waals surface area contributed by atoms with Crippen LogP contribution in [-0.2, 0) is 11.3 Å². The fourth-order valence-corrected chi connectivity index (χ4v) is 3.07. The van der Waals surface area contributed by atoms with Gasteiger partial charge in [0.05, 0.1) is 5.69 Å². The molecule has 5 nitrogen and oxygen atoms in total. The normalized spacial score (nSPS) is 10.6. The summed E-state index contributed by atoms with van der Waals surface area (Å²) in [6.45, 7) is 2.42. The van der Waals surface area contributed by atoms with Crippen molar-refractivity contribution < 1.29 is 4.79 Å². The van der Waals surface area contributed by atoms with Gasteiger partial charge in [0.25, 0.3) is 5.56 Å². The van der Waals surface area contributed by atoms with Crippen LogP contribution in [0.1, 0.15) is 18.4 Å². The van der Waals surface area contributed by atoms with Crippen molar-refractivity contribution in [1.29, 1.82) is 0 Å². The number of aryl methyl sites for hydroxylation is 2. The van der Waals surface area contributed by atoms with Crippen molar-refractivity contribution in [3.63, 3.8) is 0 Å². The molecule has 27 heavy (non-hydrogen) atoms. The van der Waals surface area contributed by atoms with E-state index < -0.39 is 0 Å². The van der Waals surface area contributed by atoms with Crippen LogP contribution in [0, 0.1) is 6.92 Å². The molecule has 6 heteroatoms. The van der Waals surface area contributed by atoms with Crippen LogP contribution in [-0.4, -0.2) is 15.7 Å². The molecular formula is C21H20BrN3O2. The molecule has 3 aromatic rings. The molecule has 1 aromatic heterocycles. The number of nitrogens with one attached hydrogen (secondary N) is 1. The van der Waals surface area contributed by atoms with Gasteiger partial charge in [0.1, 0.15) is 0 Å². The highest BCUT2D eigenvalue weighted by Gasteiger charge is 2.06. The fourth-order valence-electron chi connectivity index (χ4n) is 2.67. The van der Waals surface area contributed by atoms with Gasteiger partial charge in [0, 0.05) is 34.8 Å². The molecule has 1 N–H and O–H groups in total. The second kappa shape index (κ2) is 8.77. The van der Waals surface area contributed by atoms with Crippen molar-refractivity contribution in [3.05, 3.63) is 81.1 Å². The van der Waals surface area contributed by atoms with Gasteiger partial charge in [-0.3, -0.25) is 9.59 Å². The Labute approximate surface area is 166 Å². The van der Waals surface area contributed by atoms with Gasteiger partial charge in [-0.05, 0) is 37.6 Å². The average Bonchev–Trinajstić information content (AvgIpc) is 2.64. The number of nitrogens with zero attached hydrogens (tertiary/aromatic N) is 2. The third-order valence-electron chi connectivity index (χ3n) is 4.10. The van der Waals surface area contributed by atoms with Gasteiger partial charge in [0.2, 0.25) is 5.91 Å².